The minimum atomic E-state index is -0.242. The van der Waals surface area contributed by atoms with Crippen molar-refractivity contribution in [3.05, 3.63) is 0 Å². The van der Waals surface area contributed by atoms with Crippen molar-refractivity contribution in [1.29, 1.82) is 0 Å². The smallest absolute Gasteiger partial charge is 0.198 e. The molecule has 0 amide bonds. The molecule has 0 spiro atoms. The number of rotatable bonds is 4. The van der Waals surface area contributed by atoms with Gasteiger partial charge >= 0.3 is 0 Å². The molecule has 0 saturated heterocycles. The van der Waals surface area contributed by atoms with E-state index in [0.29, 0.717) is 18.8 Å². The zero-order valence-corrected chi connectivity index (χ0v) is 6.81. The lowest BCUT2D eigenvalue weighted by atomic mass is 10.0. The van der Waals surface area contributed by atoms with E-state index < -0.39 is 0 Å². The minimum absolute atomic E-state index is 0.225. The summed E-state index contributed by atoms with van der Waals surface area (Å²) in [5, 5.41) is 0. The Hall–Kier alpha value is -0.660. The lowest BCUT2D eigenvalue weighted by Gasteiger charge is -1.99. The number of carbonyl (C=O) groups excluding carboxylic acids is 2. The molecule has 0 aliphatic rings. The van der Waals surface area contributed by atoms with E-state index in [-0.39, 0.29) is 11.6 Å². The molecule has 0 rings (SSSR count). The summed E-state index contributed by atoms with van der Waals surface area (Å²) in [6.07, 6.45) is 0.734. The van der Waals surface area contributed by atoms with Crippen LogP contribution >= 0.6 is 0 Å². The average molecular weight is 142 g/mol. The molecule has 0 atom stereocenters. The van der Waals surface area contributed by atoms with Gasteiger partial charge in [-0.05, 0) is 5.92 Å². The number of hydrogen-bond donors (Lipinski definition) is 0. The fourth-order valence-electron chi connectivity index (χ4n) is 0.682. The lowest BCUT2D eigenvalue weighted by Crippen LogP contribution is -2.14. The van der Waals surface area contributed by atoms with E-state index >= 15 is 0 Å². The number of carbonyl (C=O) groups is 2. The molecule has 0 saturated carbocycles. The summed E-state index contributed by atoms with van der Waals surface area (Å²) >= 11 is 0. The van der Waals surface area contributed by atoms with Gasteiger partial charge in [0.15, 0.2) is 11.6 Å². The van der Waals surface area contributed by atoms with Crippen LogP contribution in [0.25, 0.3) is 0 Å². The molecule has 0 N–H and O–H groups in total. The van der Waals surface area contributed by atoms with Gasteiger partial charge in [0.2, 0.25) is 0 Å². The van der Waals surface area contributed by atoms with Gasteiger partial charge in [0.1, 0.15) is 0 Å². The van der Waals surface area contributed by atoms with E-state index in [9.17, 15) is 9.59 Å². The molecular formula is C8H14O2. The molecule has 0 aliphatic carbocycles. The van der Waals surface area contributed by atoms with E-state index in [1.807, 2.05) is 13.8 Å². The molecule has 0 radical (unpaired) electrons. The van der Waals surface area contributed by atoms with Crippen molar-refractivity contribution in [2.45, 2.75) is 33.6 Å². The highest BCUT2D eigenvalue weighted by Gasteiger charge is 2.11. The van der Waals surface area contributed by atoms with Gasteiger partial charge < -0.3 is 0 Å². The van der Waals surface area contributed by atoms with Crippen molar-refractivity contribution in [3.63, 3.8) is 0 Å². The number of hydrogen-bond acceptors (Lipinski definition) is 2. The highest BCUT2D eigenvalue weighted by Crippen LogP contribution is 2.01. The first kappa shape index (κ1) is 9.34. The van der Waals surface area contributed by atoms with Crippen LogP contribution in [-0.4, -0.2) is 11.6 Å². The van der Waals surface area contributed by atoms with E-state index in [1.54, 1.807) is 6.92 Å². The van der Waals surface area contributed by atoms with Gasteiger partial charge in [0.05, 0.1) is 0 Å². The molecule has 0 heterocycles. The third-order valence-corrected chi connectivity index (χ3v) is 1.23. The summed E-state index contributed by atoms with van der Waals surface area (Å²) in [7, 11) is 0. The number of Topliss-reactive ketones (excluding diaryl/α,β-unsaturated/α-hetero) is 2. The highest BCUT2D eigenvalue weighted by molar-refractivity contribution is 6.37. The molecular weight excluding hydrogens is 128 g/mol. The summed E-state index contributed by atoms with van der Waals surface area (Å²) in [5.41, 5.74) is 0. The second-order valence-corrected chi connectivity index (χ2v) is 2.80. The molecule has 0 aliphatic heterocycles. The fraction of sp³-hybridized carbons (Fsp3) is 0.750. The van der Waals surface area contributed by atoms with Crippen LogP contribution in [0.4, 0.5) is 0 Å². The molecule has 0 fully saturated rings. The predicted molar refractivity (Wildman–Crippen MR) is 39.8 cm³/mol. The molecule has 0 aromatic carbocycles. The molecule has 58 valence electrons. The van der Waals surface area contributed by atoms with Crippen molar-refractivity contribution in [3.8, 4) is 0 Å². The monoisotopic (exact) mass is 142 g/mol. The Balaban J connectivity index is 3.74. The quantitative estimate of drug-likeness (QED) is 0.558. The van der Waals surface area contributed by atoms with Gasteiger partial charge in [0, 0.05) is 12.8 Å². The summed E-state index contributed by atoms with van der Waals surface area (Å²) < 4.78 is 0. The predicted octanol–water partition coefficient (Wildman–Crippen LogP) is 1.58. The molecule has 2 nitrogen and oxygen atoms in total. The van der Waals surface area contributed by atoms with Gasteiger partial charge in [0.25, 0.3) is 0 Å². The zero-order valence-electron chi connectivity index (χ0n) is 6.81. The molecule has 0 bridgehead atoms. The van der Waals surface area contributed by atoms with E-state index in [1.165, 1.54) is 0 Å². The van der Waals surface area contributed by atoms with Crippen LogP contribution < -0.4 is 0 Å². The first-order valence-electron chi connectivity index (χ1n) is 3.64. The van der Waals surface area contributed by atoms with Crippen molar-refractivity contribution in [1.82, 2.24) is 0 Å². The van der Waals surface area contributed by atoms with Crippen molar-refractivity contribution in [2.75, 3.05) is 0 Å². The highest BCUT2D eigenvalue weighted by atomic mass is 16.2. The van der Waals surface area contributed by atoms with Gasteiger partial charge in [-0.3, -0.25) is 9.59 Å². The summed E-state index contributed by atoms with van der Waals surface area (Å²) in [6.45, 7) is 5.57. The summed E-state index contributed by atoms with van der Waals surface area (Å²) in [5.74, 6) is -0.172. The summed E-state index contributed by atoms with van der Waals surface area (Å²) in [4.78, 5) is 21.5. The first-order valence-corrected chi connectivity index (χ1v) is 3.64. The maximum Gasteiger partial charge on any atom is 0.198 e. The van der Waals surface area contributed by atoms with Crippen LogP contribution in [0.3, 0.4) is 0 Å². The summed E-state index contributed by atoms with van der Waals surface area (Å²) in [6, 6.07) is 0. The Kier molecular flexibility index (Phi) is 3.93. The minimum Gasteiger partial charge on any atom is -0.291 e. The molecule has 0 aromatic rings. The van der Waals surface area contributed by atoms with Gasteiger partial charge in [-0.25, -0.2) is 0 Å². The van der Waals surface area contributed by atoms with E-state index in [0.717, 1.165) is 0 Å². The van der Waals surface area contributed by atoms with Gasteiger partial charge in [-0.2, -0.15) is 0 Å². The third-order valence-electron chi connectivity index (χ3n) is 1.23. The van der Waals surface area contributed by atoms with Crippen LogP contribution in [0, 0.1) is 5.92 Å². The van der Waals surface area contributed by atoms with Crippen molar-refractivity contribution < 1.29 is 9.59 Å². The maximum absolute atomic E-state index is 10.8. The van der Waals surface area contributed by atoms with E-state index in [4.69, 9.17) is 0 Å². The second-order valence-electron chi connectivity index (χ2n) is 2.80. The molecule has 2 heteroatoms. The largest absolute Gasteiger partial charge is 0.291 e. The SMILES string of the molecule is CCC(=O)C(=O)CC(C)C. The van der Waals surface area contributed by atoms with Crippen LogP contribution in [0.1, 0.15) is 33.6 Å². The lowest BCUT2D eigenvalue weighted by molar-refractivity contribution is -0.136. The second kappa shape index (κ2) is 4.20. The molecule has 0 aromatic heterocycles. The first-order chi connectivity index (χ1) is 4.57. The Morgan fingerprint density at radius 2 is 1.70 bits per heavy atom. The van der Waals surface area contributed by atoms with Crippen molar-refractivity contribution >= 4 is 11.6 Å². The Labute approximate surface area is 61.6 Å². The van der Waals surface area contributed by atoms with Crippen LogP contribution in [0.5, 0.6) is 0 Å². The van der Waals surface area contributed by atoms with Crippen LogP contribution in [-0.2, 0) is 9.59 Å². The standard InChI is InChI=1S/C8H14O2/c1-4-7(9)8(10)5-6(2)3/h6H,4-5H2,1-3H3. The van der Waals surface area contributed by atoms with E-state index in [2.05, 4.69) is 0 Å². The Morgan fingerprint density at radius 3 is 2.00 bits per heavy atom. The molecule has 0 unspecified atom stereocenters. The third kappa shape index (κ3) is 3.38. The van der Waals surface area contributed by atoms with Gasteiger partial charge in [-0.15, -0.1) is 0 Å². The fourth-order valence-corrected chi connectivity index (χ4v) is 0.682. The average Bonchev–Trinajstić information content (AvgIpc) is 1.85. The van der Waals surface area contributed by atoms with Crippen LogP contribution in [0.2, 0.25) is 0 Å². The molecule has 10 heavy (non-hydrogen) atoms. The topological polar surface area (TPSA) is 34.1 Å². The normalized spacial score (nSPS) is 10.0. The van der Waals surface area contributed by atoms with Crippen LogP contribution in [0.15, 0.2) is 0 Å². The maximum atomic E-state index is 10.8. The Morgan fingerprint density at radius 1 is 1.20 bits per heavy atom. The zero-order chi connectivity index (χ0) is 8.15. The van der Waals surface area contributed by atoms with Gasteiger partial charge in [-0.1, -0.05) is 20.8 Å². The Bertz CT molecular complexity index is 136. The number of ketones is 2. The van der Waals surface area contributed by atoms with Crippen molar-refractivity contribution in [2.24, 2.45) is 5.92 Å².